The highest BCUT2D eigenvalue weighted by molar-refractivity contribution is 4.90. The van der Waals surface area contributed by atoms with Gasteiger partial charge in [0.05, 0.1) is 6.61 Å². The number of hydrogen-bond acceptors (Lipinski definition) is 3. The van der Waals surface area contributed by atoms with Gasteiger partial charge in [0.15, 0.2) is 12.3 Å². The maximum atomic E-state index is 12.5. The maximum absolute atomic E-state index is 12.5. The Hall–Kier alpha value is -0.400. The van der Waals surface area contributed by atoms with Crippen molar-refractivity contribution in [3.8, 4) is 0 Å². The predicted octanol–water partition coefficient (Wildman–Crippen LogP) is 0.00740. The third-order valence-corrected chi connectivity index (χ3v) is 1.79. The van der Waals surface area contributed by atoms with Crippen LogP contribution in [0.15, 0.2) is 0 Å². The minimum atomic E-state index is -4.79. The van der Waals surface area contributed by atoms with Crippen molar-refractivity contribution in [3.63, 3.8) is 0 Å². The summed E-state index contributed by atoms with van der Waals surface area (Å²) < 4.78 is 52.4. The molecule has 0 radical (unpaired) electrons. The average Bonchev–Trinajstić information content (AvgIpc) is 1.98. The normalized spacial score (nSPS) is 42.0. The van der Waals surface area contributed by atoms with Gasteiger partial charge in [-0.1, -0.05) is 0 Å². The molecule has 1 fully saturated rings. The summed E-state index contributed by atoms with van der Waals surface area (Å²) in [5.41, 5.74) is 0. The van der Waals surface area contributed by atoms with Crippen LogP contribution >= 0.6 is 0 Å². The molecule has 0 aromatic carbocycles. The van der Waals surface area contributed by atoms with E-state index in [0.717, 1.165) is 0 Å². The smallest absolute Gasteiger partial charge is 0.387 e. The van der Waals surface area contributed by atoms with Gasteiger partial charge in [-0.3, -0.25) is 0 Å². The number of aliphatic hydroxyl groups is 2. The lowest BCUT2D eigenvalue weighted by Crippen LogP contribution is -2.56. The van der Waals surface area contributed by atoms with Crippen LogP contribution < -0.4 is 0 Å². The second-order valence-electron chi connectivity index (χ2n) is 2.79. The highest BCUT2D eigenvalue weighted by Crippen LogP contribution is 2.30. The van der Waals surface area contributed by atoms with E-state index in [0.29, 0.717) is 0 Å². The Morgan fingerprint density at radius 1 is 1.15 bits per heavy atom. The number of alkyl halides is 4. The number of rotatable bonds is 0. The van der Waals surface area contributed by atoms with Gasteiger partial charge in [-0.25, -0.2) is 4.39 Å². The van der Waals surface area contributed by atoms with Gasteiger partial charge in [0.2, 0.25) is 0 Å². The van der Waals surface area contributed by atoms with E-state index in [9.17, 15) is 17.6 Å². The van der Waals surface area contributed by atoms with Gasteiger partial charge >= 0.3 is 6.18 Å². The highest BCUT2D eigenvalue weighted by atomic mass is 19.4. The fourth-order valence-electron chi connectivity index (χ4n) is 1.07. The molecule has 4 atom stereocenters. The molecule has 1 saturated heterocycles. The van der Waals surface area contributed by atoms with E-state index in [-0.39, 0.29) is 0 Å². The molecule has 1 aliphatic heterocycles. The lowest BCUT2D eigenvalue weighted by Gasteiger charge is -2.34. The predicted molar refractivity (Wildman–Crippen MR) is 32.7 cm³/mol. The van der Waals surface area contributed by atoms with Gasteiger partial charge in [-0.05, 0) is 0 Å². The molecule has 0 amide bonds. The molecule has 0 bridgehead atoms. The molecule has 0 saturated carbocycles. The molecule has 0 unspecified atom stereocenters. The average molecular weight is 204 g/mol. The Morgan fingerprint density at radius 3 is 2.15 bits per heavy atom. The molecule has 0 aliphatic carbocycles. The standard InChI is InChI=1S/C6H8F4O3/c7-2-1-13-5(6(8,9)10)4(12)3(2)11/h2-5,11-12H,1H2/t2-,3-,4-,5+/m0/s1. The summed E-state index contributed by atoms with van der Waals surface area (Å²) in [6, 6.07) is 0. The maximum Gasteiger partial charge on any atom is 0.417 e. The van der Waals surface area contributed by atoms with Crippen LogP contribution in [0.2, 0.25) is 0 Å². The minimum Gasteiger partial charge on any atom is -0.387 e. The Labute approximate surface area is 70.9 Å². The van der Waals surface area contributed by atoms with E-state index >= 15 is 0 Å². The first-order chi connectivity index (χ1) is 5.84. The Kier molecular flexibility index (Phi) is 2.79. The summed E-state index contributed by atoms with van der Waals surface area (Å²) in [4.78, 5) is 0. The highest BCUT2D eigenvalue weighted by Gasteiger charge is 2.52. The first-order valence-electron chi connectivity index (χ1n) is 3.52. The summed E-state index contributed by atoms with van der Waals surface area (Å²) >= 11 is 0. The fourth-order valence-corrected chi connectivity index (χ4v) is 1.07. The van der Waals surface area contributed by atoms with Crippen LogP contribution in [0.3, 0.4) is 0 Å². The SMILES string of the molecule is O[C@@H]1[C@H](O)[C@H](C(F)(F)F)OC[C@@H]1F. The van der Waals surface area contributed by atoms with Gasteiger partial charge < -0.3 is 14.9 Å². The molecule has 7 heteroatoms. The zero-order chi connectivity index (χ0) is 10.2. The molecule has 2 N–H and O–H groups in total. The van der Waals surface area contributed by atoms with Crippen LogP contribution in [0.5, 0.6) is 0 Å². The molecule has 1 heterocycles. The Balaban J connectivity index is 2.70. The zero-order valence-corrected chi connectivity index (χ0v) is 6.33. The number of aliphatic hydroxyl groups excluding tert-OH is 2. The summed E-state index contributed by atoms with van der Waals surface area (Å²) in [7, 11) is 0. The van der Waals surface area contributed by atoms with Gasteiger partial charge in [0.1, 0.15) is 12.2 Å². The minimum absolute atomic E-state index is 0.859. The van der Waals surface area contributed by atoms with E-state index in [1.807, 2.05) is 0 Å². The van der Waals surface area contributed by atoms with Crippen LogP contribution in [0.25, 0.3) is 0 Å². The molecule has 3 nitrogen and oxygen atoms in total. The van der Waals surface area contributed by atoms with Gasteiger partial charge in [-0.2, -0.15) is 13.2 Å². The quantitative estimate of drug-likeness (QED) is 0.546. The molecule has 0 spiro atoms. The van der Waals surface area contributed by atoms with E-state index in [1.54, 1.807) is 0 Å². The van der Waals surface area contributed by atoms with Crippen LogP contribution in [-0.4, -0.2) is 47.5 Å². The van der Waals surface area contributed by atoms with Crippen LogP contribution in [-0.2, 0) is 4.74 Å². The Morgan fingerprint density at radius 2 is 1.69 bits per heavy atom. The second kappa shape index (κ2) is 3.39. The summed E-state index contributed by atoms with van der Waals surface area (Å²) in [5, 5.41) is 17.6. The molecule has 13 heavy (non-hydrogen) atoms. The molecular weight excluding hydrogens is 196 g/mol. The molecule has 78 valence electrons. The lowest BCUT2D eigenvalue weighted by molar-refractivity contribution is -0.284. The lowest BCUT2D eigenvalue weighted by atomic mass is 10.0. The van der Waals surface area contributed by atoms with Crippen molar-refractivity contribution in [1.82, 2.24) is 0 Å². The molecule has 0 aromatic rings. The van der Waals surface area contributed by atoms with E-state index in [1.165, 1.54) is 0 Å². The largest absolute Gasteiger partial charge is 0.417 e. The zero-order valence-electron chi connectivity index (χ0n) is 6.33. The topological polar surface area (TPSA) is 49.7 Å². The molecule has 1 aliphatic rings. The first-order valence-corrected chi connectivity index (χ1v) is 3.52. The number of hydrogen-bond donors (Lipinski definition) is 2. The monoisotopic (exact) mass is 204 g/mol. The van der Waals surface area contributed by atoms with Crippen molar-refractivity contribution in [3.05, 3.63) is 0 Å². The van der Waals surface area contributed by atoms with E-state index in [4.69, 9.17) is 10.2 Å². The molecular formula is C6H8F4O3. The number of ether oxygens (including phenoxy) is 1. The summed E-state index contributed by atoms with van der Waals surface area (Å²) in [5.74, 6) is 0. The first kappa shape index (κ1) is 10.7. The van der Waals surface area contributed by atoms with Gasteiger partial charge in [-0.15, -0.1) is 0 Å². The van der Waals surface area contributed by atoms with E-state index < -0.39 is 37.3 Å². The summed E-state index contributed by atoms with van der Waals surface area (Å²) in [6.07, 6.45) is -13.6. The van der Waals surface area contributed by atoms with E-state index in [2.05, 4.69) is 4.74 Å². The molecule has 0 aromatic heterocycles. The van der Waals surface area contributed by atoms with Crippen molar-refractivity contribution >= 4 is 0 Å². The second-order valence-corrected chi connectivity index (χ2v) is 2.79. The molecule has 1 rings (SSSR count). The van der Waals surface area contributed by atoms with Gasteiger partial charge in [0.25, 0.3) is 0 Å². The van der Waals surface area contributed by atoms with Crippen molar-refractivity contribution in [2.45, 2.75) is 30.7 Å². The Bertz CT molecular complexity index is 183. The number of halogens is 4. The van der Waals surface area contributed by atoms with Gasteiger partial charge in [0, 0.05) is 0 Å². The van der Waals surface area contributed by atoms with Crippen LogP contribution in [0.1, 0.15) is 0 Å². The third kappa shape index (κ3) is 2.09. The third-order valence-electron chi connectivity index (χ3n) is 1.79. The van der Waals surface area contributed by atoms with Crippen molar-refractivity contribution < 1.29 is 32.5 Å². The van der Waals surface area contributed by atoms with Crippen molar-refractivity contribution in [1.29, 1.82) is 0 Å². The van der Waals surface area contributed by atoms with Crippen LogP contribution in [0.4, 0.5) is 17.6 Å². The summed E-state index contributed by atoms with van der Waals surface area (Å²) in [6.45, 7) is -0.859. The fraction of sp³-hybridized carbons (Fsp3) is 1.00. The van der Waals surface area contributed by atoms with Crippen molar-refractivity contribution in [2.75, 3.05) is 6.61 Å². The van der Waals surface area contributed by atoms with Crippen molar-refractivity contribution in [2.24, 2.45) is 0 Å². The van der Waals surface area contributed by atoms with Crippen LogP contribution in [0, 0.1) is 0 Å².